The van der Waals surface area contributed by atoms with Gasteiger partial charge in [0.15, 0.2) is 0 Å². The van der Waals surface area contributed by atoms with E-state index in [9.17, 15) is 14.4 Å². The molecule has 1 saturated heterocycles. The average Bonchev–Trinajstić information content (AvgIpc) is 3.49. The van der Waals surface area contributed by atoms with Gasteiger partial charge in [0, 0.05) is 44.5 Å². The van der Waals surface area contributed by atoms with E-state index >= 15 is 0 Å². The quantitative estimate of drug-likeness (QED) is 0.567. The molecule has 9 heteroatoms. The molecule has 2 fully saturated rings. The lowest BCUT2D eigenvalue weighted by Crippen LogP contribution is -2.53. The van der Waals surface area contributed by atoms with Crippen molar-refractivity contribution in [2.75, 3.05) is 39.4 Å². The third-order valence-electron chi connectivity index (χ3n) is 5.93. The van der Waals surface area contributed by atoms with Crippen LogP contribution in [0.4, 0.5) is 0 Å². The van der Waals surface area contributed by atoms with E-state index in [1.165, 1.54) is 0 Å². The lowest BCUT2D eigenvalue weighted by atomic mass is 10.1. The van der Waals surface area contributed by atoms with Crippen LogP contribution in [0.3, 0.4) is 0 Å². The molecule has 31 heavy (non-hydrogen) atoms. The Morgan fingerprint density at radius 3 is 2.26 bits per heavy atom. The number of ether oxygens (including phenoxy) is 2. The summed E-state index contributed by atoms with van der Waals surface area (Å²) in [6, 6.07) is 0.211. The number of piperazine rings is 1. The first-order valence-corrected chi connectivity index (χ1v) is 11.2. The van der Waals surface area contributed by atoms with Gasteiger partial charge in [-0.2, -0.15) is 0 Å². The molecule has 2 heterocycles. The van der Waals surface area contributed by atoms with E-state index < -0.39 is 11.9 Å². The van der Waals surface area contributed by atoms with Gasteiger partial charge in [-0.15, -0.1) is 0 Å². The highest BCUT2D eigenvalue weighted by atomic mass is 16.5. The highest BCUT2D eigenvalue weighted by Gasteiger charge is 2.31. The van der Waals surface area contributed by atoms with E-state index in [1.54, 1.807) is 20.8 Å². The zero-order valence-corrected chi connectivity index (χ0v) is 19.0. The fraction of sp³-hybridized carbons (Fsp3) is 0.682. The summed E-state index contributed by atoms with van der Waals surface area (Å²) in [6.07, 6.45) is 2.16. The number of hydrogen-bond donors (Lipinski definition) is 2. The number of carbonyl (C=O) groups is 3. The Balaban J connectivity index is 1.66. The molecule has 0 aromatic carbocycles. The Hall–Kier alpha value is -2.39. The number of rotatable bonds is 9. The zero-order valence-electron chi connectivity index (χ0n) is 19.0. The van der Waals surface area contributed by atoms with Gasteiger partial charge >= 0.3 is 11.9 Å². The van der Waals surface area contributed by atoms with E-state index in [-0.39, 0.29) is 25.2 Å². The van der Waals surface area contributed by atoms with Gasteiger partial charge in [-0.3, -0.25) is 14.6 Å². The average molecular weight is 435 g/mol. The number of aromatic amines is 1. The minimum Gasteiger partial charge on any atom is -0.462 e. The van der Waals surface area contributed by atoms with Crippen LogP contribution < -0.4 is 5.32 Å². The van der Waals surface area contributed by atoms with E-state index in [4.69, 9.17) is 9.47 Å². The fourth-order valence-electron chi connectivity index (χ4n) is 3.91. The number of nitrogens with zero attached hydrogens (tertiary/aromatic N) is 2. The number of H-pyrrole nitrogens is 1. The highest BCUT2D eigenvalue weighted by molar-refractivity contribution is 5.98. The van der Waals surface area contributed by atoms with Crippen LogP contribution in [0.5, 0.6) is 0 Å². The number of hydrogen-bond acceptors (Lipinski definition) is 7. The molecule has 0 spiro atoms. The highest BCUT2D eigenvalue weighted by Crippen LogP contribution is 2.23. The van der Waals surface area contributed by atoms with E-state index in [2.05, 4.69) is 20.1 Å². The van der Waals surface area contributed by atoms with Gasteiger partial charge in [0.2, 0.25) is 5.91 Å². The Bertz CT molecular complexity index is 809. The molecule has 1 aromatic heterocycles. The molecule has 1 atom stereocenters. The normalized spacial score (nSPS) is 18.5. The predicted molar refractivity (Wildman–Crippen MR) is 115 cm³/mol. The molecule has 3 rings (SSSR count). The minimum absolute atomic E-state index is 0.0969. The second-order valence-corrected chi connectivity index (χ2v) is 8.19. The van der Waals surface area contributed by atoms with Crippen molar-refractivity contribution in [3.63, 3.8) is 0 Å². The predicted octanol–water partition coefficient (Wildman–Crippen LogP) is 1.46. The molecule has 0 radical (unpaired) electrons. The van der Waals surface area contributed by atoms with Crippen LogP contribution in [-0.2, 0) is 20.8 Å². The minimum atomic E-state index is -0.475. The van der Waals surface area contributed by atoms with Crippen molar-refractivity contribution in [1.82, 2.24) is 20.1 Å². The zero-order chi connectivity index (χ0) is 22.5. The molecular weight excluding hydrogens is 400 g/mol. The van der Waals surface area contributed by atoms with Crippen molar-refractivity contribution in [2.45, 2.75) is 59.2 Å². The van der Waals surface area contributed by atoms with Gasteiger partial charge in [0.05, 0.1) is 24.8 Å². The summed E-state index contributed by atoms with van der Waals surface area (Å²) in [6.45, 7) is 11.2. The van der Waals surface area contributed by atoms with Gasteiger partial charge in [0.25, 0.3) is 0 Å². The number of aromatic nitrogens is 1. The first kappa shape index (κ1) is 23.3. The summed E-state index contributed by atoms with van der Waals surface area (Å²) < 4.78 is 10.3. The summed E-state index contributed by atoms with van der Waals surface area (Å²) in [7, 11) is 0. The molecule has 172 valence electrons. The van der Waals surface area contributed by atoms with Crippen molar-refractivity contribution >= 4 is 17.8 Å². The largest absolute Gasteiger partial charge is 0.462 e. The molecule has 1 aromatic rings. The van der Waals surface area contributed by atoms with Crippen LogP contribution in [0.25, 0.3) is 0 Å². The summed E-state index contributed by atoms with van der Waals surface area (Å²) in [5, 5.41) is 3.07. The molecule has 1 aliphatic heterocycles. The van der Waals surface area contributed by atoms with Crippen LogP contribution in [-0.4, -0.2) is 84.1 Å². The standard InChI is InChI=1S/C22H34N4O5/c1-5-30-21(28)18-14(3)19(22(29)31-6-2)24-17(18)13-25-9-11-26(12-10-25)15(4)20(27)23-16-7-8-16/h15-16,24H,5-13H2,1-4H3,(H,23,27). The molecule has 1 saturated carbocycles. The SMILES string of the molecule is CCOC(=O)c1[nH]c(CN2CCN(C(C)C(=O)NC3CC3)CC2)c(C(=O)OCC)c1C. The molecule has 1 aliphatic carbocycles. The van der Waals surface area contributed by atoms with Gasteiger partial charge in [-0.05, 0) is 46.1 Å². The van der Waals surface area contributed by atoms with Gasteiger partial charge < -0.3 is 19.8 Å². The Morgan fingerprint density at radius 2 is 1.68 bits per heavy atom. The van der Waals surface area contributed by atoms with Crippen molar-refractivity contribution in [3.05, 3.63) is 22.5 Å². The van der Waals surface area contributed by atoms with Crippen LogP contribution in [0.2, 0.25) is 0 Å². The van der Waals surface area contributed by atoms with E-state index in [1.807, 2.05) is 6.92 Å². The van der Waals surface area contributed by atoms with Gasteiger partial charge in [-0.25, -0.2) is 9.59 Å². The fourth-order valence-corrected chi connectivity index (χ4v) is 3.91. The van der Waals surface area contributed by atoms with Crippen LogP contribution in [0.15, 0.2) is 0 Å². The molecule has 1 unspecified atom stereocenters. The number of esters is 2. The summed E-state index contributed by atoms with van der Waals surface area (Å²) in [5.74, 6) is -0.817. The third-order valence-corrected chi connectivity index (χ3v) is 5.93. The molecule has 2 aliphatic rings. The monoisotopic (exact) mass is 434 g/mol. The number of amides is 1. The Labute approximate surface area is 183 Å². The van der Waals surface area contributed by atoms with Crippen LogP contribution in [0.1, 0.15) is 65.7 Å². The Morgan fingerprint density at radius 1 is 1.06 bits per heavy atom. The second kappa shape index (κ2) is 10.3. The van der Waals surface area contributed by atoms with Crippen molar-refractivity contribution < 1.29 is 23.9 Å². The molecule has 2 N–H and O–H groups in total. The second-order valence-electron chi connectivity index (χ2n) is 8.19. The van der Waals surface area contributed by atoms with Crippen molar-refractivity contribution in [1.29, 1.82) is 0 Å². The van der Waals surface area contributed by atoms with Crippen LogP contribution in [0, 0.1) is 6.92 Å². The maximum Gasteiger partial charge on any atom is 0.355 e. The lowest BCUT2D eigenvalue weighted by Gasteiger charge is -2.37. The topological polar surface area (TPSA) is 104 Å². The molecule has 9 nitrogen and oxygen atoms in total. The summed E-state index contributed by atoms with van der Waals surface area (Å²) >= 11 is 0. The smallest absolute Gasteiger partial charge is 0.355 e. The first-order chi connectivity index (χ1) is 14.8. The number of nitrogens with one attached hydrogen (secondary N) is 2. The Kier molecular flexibility index (Phi) is 7.72. The molecule has 0 bridgehead atoms. The lowest BCUT2D eigenvalue weighted by molar-refractivity contribution is -0.126. The first-order valence-electron chi connectivity index (χ1n) is 11.2. The van der Waals surface area contributed by atoms with E-state index in [0.717, 1.165) is 39.0 Å². The third kappa shape index (κ3) is 5.65. The van der Waals surface area contributed by atoms with E-state index in [0.29, 0.717) is 35.1 Å². The number of carbonyl (C=O) groups excluding carboxylic acids is 3. The maximum absolute atomic E-state index is 12.6. The van der Waals surface area contributed by atoms with Gasteiger partial charge in [-0.1, -0.05) is 0 Å². The van der Waals surface area contributed by atoms with Crippen molar-refractivity contribution in [2.24, 2.45) is 0 Å². The maximum atomic E-state index is 12.6. The molecular formula is C22H34N4O5. The molecule has 1 amide bonds. The van der Waals surface area contributed by atoms with Gasteiger partial charge in [0.1, 0.15) is 5.69 Å². The van der Waals surface area contributed by atoms with Crippen LogP contribution >= 0.6 is 0 Å². The summed E-state index contributed by atoms with van der Waals surface area (Å²) in [5.41, 5.74) is 1.91. The van der Waals surface area contributed by atoms with Crippen molar-refractivity contribution in [3.8, 4) is 0 Å². The summed E-state index contributed by atoms with van der Waals surface area (Å²) in [4.78, 5) is 44.7.